The van der Waals surface area contributed by atoms with E-state index < -0.39 is 6.03 Å². The van der Waals surface area contributed by atoms with Gasteiger partial charge in [0.05, 0.1) is 6.21 Å². The number of phenolic OH excluding ortho intramolecular Hbond substituents is 1. The number of nitrogens with zero attached hydrogens (tertiary/aromatic N) is 1. The van der Waals surface area contributed by atoms with Crippen molar-refractivity contribution >= 4 is 12.2 Å². The number of carbonyl (C=O) groups is 1. The van der Waals surface area contributed by atoms with E-state index >= 15 is 0 Å². The van der Waals surface area contributed by atoms with Crippen molar-refractivity contribution in [2.24, 2.45) is 10.8 Å². The minimum absolute atomic E-state index is 0.174. The second-order valence-corrected chi connectivity index (χ2v) is 3.67. The molecule has 0 unspecified atom stereocenters. The van der Waals surface area contributed by atoms with Crippen LogP contribution in [0.1, 0.15) is 30.9 Å². The van der Waals surface area contributed by atoms with Crippen LogP contribution in [0.2, 0.25) is 0 Å². The largest absolute Gasteiger partial charge is 0.507 e. The van der Waals surface area contributed by atoms with Gasteiger partial charge < -0.3 is 10.8 Å². The number of phenols is 1. The molecule has 16 heavy (non-hydrogen) atoms. The first-order valence-corrected chi connectivity index (χ1v) is 4.92. The summed E-state index contributed by atoms with van der Waals surface area (Å²) in [5, 5.41) is 13.5. The summed E-state index contributed by atoms with van der Waals surface area (Å²) in [5.74, 6) is 0.393. The molecule has 1 aromatic carbocycles. The maximum absolute atomic E-state index is 10.4. The monoisotopic (exact) mass is 221 g/mol. The van der Waals surface area contributed by atoms with Crippen molar-refractivity contribution in [3.63, 3.8) is 0 Å². The van der Waals surface area contributed by atoms with Crippen LogP contribution >= 0.6 is 0 Å². The Morgan fingerprint density at radius 1 is 1.56 bits per heavy atom. The highest BCUT2D eigenvalue weighted by molar-refractivity contribution is 5.85. The third kappa shape index (κ3) is 2.98. The van der Waals surface area contributed by atoms with Gasteiger partial charge in [-0.05, 0) is 17.5 Å². The summed E-state index contributed by atoms with van der Waals surface area (Å²) < 4.78 is 0. The first-order chi connectivity index (χ1) is 7.52. The molecule has 5 heteroatoms. The quantitative estimate of drug-likeness (QED) is 0.533. The fourth-order valence-electron chi connectivity index (χ4n) is 1.32. The van der Waals surface area contributed by atoms with E-state index in [0.29, 0.717) is 5.56 Å². The Kier molecular flexibility index (Phi) is 3.88. The lowest BCUT2D eigenvalue weighted by atomic mass is 9.99. The standard InChI is InChI=1S/C11H15N3O2/c1-7(2)9-5-3-4-8(10(9)15)6-13-14-11(12)16/h3-7,15H,1-2H3,(H3,12,14,16). The zero-order valence-corrected chi connectivity index (χ0v) is 9.27. The number of nitrogens with two attached hydrogens (primary N) is 1. The van der Waals surface area contributed by atoms with E-state index in [-0.39, 0.29) is 11.7 Å². The van der Waals surface area contributed by atoms with Crippen LogP contribution in [0.25, 0.3) is 0 Å². The van der Waals surface area contributed by atoms with Crippen molar-refractivity contribution in [2.75, 3.05) is 0 Å². The Balaban J connectivity index is 2.93. The lowest BCUT2D eigenvalue weighted by Gasteiger charge is -2.09. The third-order valence-electron chi connectivity index (χ3n) is 2.10. The van der Waals surface area contributed by atoms with Crippen molar-refractivity contribution in [1.29, 1.82) is 0 Å². The number of aromatic hydroxyl groups is 1. The summed E-state index contributed by atoms with van der Waals surface area (Å²) in [4.78, 5) is 10.4. The average molecular weight is 221 g/mol. The van der Waals surface area contributed by atoms with Gasteiger partial charge in [-0.2, -0.15) is 5.10 Å². The molecule has 0 fully saturated rings. The minimum atomic E-state index is -0.740. The maximum atomic E-state index is 10.4. The van der Waals surface area contributed by atoms with Crippen LogP contribution in [0.4, 0.5) is 4.79 Å². The molecule has 0 bridgehead atoms. The number of urea groups is 1. The second-order valence-electron chi connectivity index (χ2n) is 3.67. The van der Waals surface area contributed by atoms with Gasteiger partial charge in [-0.15, -0.1) is 0 Å². The van der Waals surface area contributed by atoms with Crippen LogP contribution in [0, 0.1) is 0 Å². The van der Waals surface area contributed by atoms with Gasteiger partial charge >= 0.3 is 6.03 Å². The highest BCUT2D eigenvalue weighted by Gasteiger charge is 2.08. The van der Waals surface area contributed by atoms with E-state index in [1.165, 1.54) is 6.21 Å². The molecule has 4 N–H and O–H groups in total. The van der Waals surface area contributed by atoms with Gasteiger partial charge in [-0.3, -0.25) is 0 Å². The van der Waals surface area contributed by atoms with Crippen molar-refractivity contribution in [2.45, 2.75) is 19.8 Å². The molecule has 0 atom stereocenters. The van der Waals surface area contributed by atoms with Crippen molar-refractivity contribution in [1.82, 2.24) is 5.43 Å². The number of amides is 2. The van der Waals surface area contributed by atoms with E-state index in [4.69, 9.17) is 5.73 Å². The molecule has 0 heterocycles. The fraction of sp³-hybridized carbons (Fsp3) is 0.273. The summed E-state index contributed by atoms with van der Waals surface area (Å²) in [7, 11) is 0. The van der Waals surface area contributed by atoms with Crippen LogP contribution in [-0.2, 0) is 0 Å². The number of rotatable bonds is 3. The van der Waals surface area contributed by atoms with Crippen molar-refractivity contribution in [3.8, 4) is 5.75 Å². The normalized spacial score (nSPS) is 10.9. The molecule has 86 valence electrons. The number of nitrogens with one attached hydrogen (secondary N) is 1. The molecule has 0 aliphatic heterocycles. The highest BCUT2D eigenvalue weighted by Crippen LogP contribution is 2.27. The van der Waals surface area contributed by atoms with Gasteiger partial charge in [0.1, 0.15) is 5.75 Å². The van der Waals surface area contributed by atoms with Crippen LogP contribution in [-0.4, -0.2) is 17.4 Å². The van der Waals surface area contributed by atoms with Crippen molar-refractivity contribution in [3.05, 3.63) is 29.3 Å². The summed E-state index contributed by atoms with van der Waals surface area (Å²) >= 11 is 0. The number of para-hydroxylation sites is 1. The topological polar surface area (TPSA) is 87.7 Å². The van der Waals surface area contributed by atoms with E-state index in [2.05, 4.69) is 10.5 Å². The van der Waals surface area contributed by atoms with Crippen LogP contribution < -0.4 is 11.2 Å². The van der Waals surface area contributed by atoms with Gasteiger partial charge in [0.15, 0.2) is 0 Å². The fourth-order valence-corrected chi connectivity index (χ4v) is 1.32. The number of carbonyl (C=O) groups excluding carboxylic acids is 1. The van der Waals surface area contributed by atoms with E-state index in [0.717, 1.165) is 5.56 Å². The lowest BCUT2D eigenvalue weighted by molar-refractivity contribution is 0.249. The molecule has 0 saturated heterocycles. The molecule has 0 aliphatic rings. The van der Waals surface area contributed by atoms with Gasteiger partial charge in [0, 0.05) is 5.56 Å². The molecule has 0 aromatic heterocycles. The smallest absolute Gasteiger partial charge is 0.332 e. The van der Waals surface area contributed by atoms with Crippen LogP contribution in [0.3, 0.4) is 0 Å². The zero-order valence-electron chi connectivity index (χ0n) is 9.27. The van der Waals surface area contributed by atoms with Gasteiger partial charge in [-0.25, -0.2) is 10.2 Å². The lowest BCUT2D eigenvalue weighted by Crippen LogP contribution is -2.24. The van der Waals surface area contributed by atoms with Gasteiger partial charge in [0.25, 0.3) is 0 Å². The van der Waals surface area contributed by atoms with Crippen LogP contribution in [0.5, 0.6) is 5.75 Å². The highest BCUT2D eigenvalue weighted by atomic mass is 16.3. The number of hydrazone groups is 1. The predicted molar refractivity (Wildman–Crippen MR) is 62.5 cm³/mol. The molecular weight excluding hydrogens is 206 g/mol. The number of primary amides is 1. The maximum Gasteiger partial charge on any atom is 0.332 e. The molecular formula is C11H15N3O2. The van der Waals surface area contributed by atoms with E-state index in [9.17, 15) is 9.90 Å². The van der Waals surface area contributed by atoms with Gasteiger partial charge in [-0.1, -0.05) is 26.0 Å². The SMILES string of the molecule is CC(C)c1cccc(C=NNC(N)=O)c1O. The van der Waals surface area contributed by atoms with Crippen molar-refractivity contribution < 1.29 is 9.90 Å². The molecule has 0 aliphatic carbocycles. The molecule has 0 spiro atoms. The molecule has 1 rings (SSSR count). The first kappa shape index (κ1) is 12.0. The summed E-state index contributed by atoms with van der Waals surface area (Å²) in [5.41, 5.74) is 8.29. The Hall–Kier alpha value is -2.04. The third-order valence-corrected chi connectivity index (χ3v) is 2.10. The predicted octanol–water partition coefficient (Wildman–Crippen LogP) is 1.52. The Morgan fingerprint density at radius 3 is 2.81 bits per heavy atom. The van der Waals surface area contributed by atoms with Crippen LogP contribution in [0.15, 0.2) is 23.3 Å². The molecule has 2 amide bonds. The Labute approximate surface area is 94.0 Å². The summed E-state index contributed by atoms with van der Waals surface area (Å²) in [6.45, 7) is 3.97. The number of benzene rings is 1. The number of hydrogen-bond acceptors (Lipinski definition) is 3. The summed E-state index contributed by atoms with van der Waals surface area (Å²) in [6.07, 6.45) is 1.35. The molecule has 0 saturated carbocycles. The number of hydrogen-bond donors (Lipinski definition) is 3. The van der Waals surface area contributed by atoms with E-state index in [1.807, 2.05) is 26.0 Å². The Bertz CT molecular complexity index is 414. The summed E-state index contributed by atoms with van der Waals surface area (Å²) in [6, 6.07) is 4.63. The molecule has 5 nitrogen and oxygen atoms in total. The van der Waals surface area contributed by atoms with E-state index in [1.54, 1.807) is 6.07 Å². The zero-order chi connectivity index (χ0) is 12.1. The average Bonchev–Trinajstić information content (AvgIpc) is 2.19. The minimum Gasteiger partial charge on any atom is -0.507 e. The first-order valence-electron chi connectivity index (χ1n) is 4.92. The second kappa shape index (κ2) is 5.16. The molecule has 0 radical (unpaired) electrons. The Morgan fingerprint density at radius 2 is 2.25 bits per heavy atom. The van der Waals surface area contributed by atoms with Gasteiger partial charge in [0.2, 0.25) is 0 Å². The molecule has 1 aromatic rings.